The van der Waals surface area contributed by atoms with E-state index in [-0.39, 0.29) is 5.56 Å². The number of aromatic amines is 1. The molecular formula is C12H13ClN2O. The van der Waals surface area contributed by atoms with E-state index in [9.17, 15) is 4.79 Å². The molecule has 0 unspecified atom stereocenters. The first kappa shape index (κ1) is 11.0. The number of nitrogens with zero attached hydrogens (tertiary/aromatic N) is 1. The zero-order chi connectivity index (χ0) is 11.5. The summed E-state index contributed by atoms with van der Waals surface area (Å²) in [5.41, 5.74) is 2.02. The largest absolute Gasteiger partial charge is 0.299 e. The summed E-state index contributed by atoms with van der Waals surface area (Å²) in [7, 11) is 0. The molecule has 1 aromatic carbocycles. The number of aromatic nitrogens is 2. The topological polar surface area (TPSA) is 37.8 Å². The molecule has 0 fully saturated rings. The van der Waals surface area contributed by atoms with Crippen LogP contribution in [0.3, 0.4) is 0 Å². The van der Waals surface area contributed by atoms with Gasteiger partial charge >= 0.3 is 0 Å². The third-order valence-electron chi connectivity index (χ3n) is 2.48. The molecule has 4 heteroatoms. The summed E-state index contributed by atoms with van der Waals surface area (Å²) in [6.45, 7) is 2.56. The van der Waals surface area contributed by atoms with Gasteiger partial charge in [0, 0.05) is 16.8 Å². The summed E-state index contributed by atoms with van der Waals surface area (Å²) in [4.78, 5) is 11.6. The van der Waals surface area contributed by atoms with Crippen molar-refractivity contribution < 1.29 is 0 Å². The van der Waals surface area contributed by atoms with Gasteiger partial charge in [-0.2, -0.15) is 0 Å². The Bertz CT molecular complexity index is 525. The molecule has 2 rings (SSSR count). The van der Waals surface area contributed by atoms with E-state index in [1.54, 1.807) is 10.7 Å². The van der Waals surface area contributed by atoms with E-state index in [1.165, 1.54) is 0 Å². The van der Waals surface area contributed by atoms with E-state index < -0.39 is 0 Å². The van der Waals surface area contributed by atoms with Gasteiger partial charge in [0.2, 0.25) is 0 Å². The van der Waals surface area contributed by atoms with Gasteiger partial charge in [-0.05, 0) is 24.1 Å². The number of hydrogen-bond acceptors (Lipinski definition) is 1. The van der Waals surface area contributed by atoms with E-state index in [1.807, 2.05) is 31.2 Å². The van der Waals surface area contributed by atoms with Crippen molar-refractivity contribution in [3.8, 4) is 0 Å². The Morgan fingerprint density at radius 1 is 1.31 bits per heavy atom. The lowest BCUT2D eigenvalue weighted by Crippen LogP contribution is -2.16. The minimum absolute atomic E-state index is 0.00630. The Morgan fingerprint density at radius 2 is 2.00 bits per heavy atom. The van der Waals surface area contributed by atoms with Crippen molar-refractivity contribution in [2.24, 2.45) is 0 Å². The molecule has 0 spiro atoms. The number of nitrogens with one attached hydrogen (secondary N) is 1. The third kappa shape index (κ3) is 2.36. The van der Waals surface area contributed by atoms with E-state index in [4.69, 9.17) is 11.6 Å². The Morgan fingerprint density at radius 3 is 2.56 bits per heavy atom. The molecule has 1 N–H and O–H groups in total. The summed E-state index contributed by atoms with van der Waals surface area (Å²) in [6, 6.07) is 9.12. The van der Waals surface area contributed by atoms with Gasteiger partial charge in [0.25, 0.3) is 5.56 Å². The molecule has 0 aliphatic heterocycles. The highest BCUT2D eigenvalue weighted by molar-refractivity contribution is 6.30. The summed E-state index contributed by atoms with van der Waals surface area (Å²) < 4.78 is 1.60. The van der Waals surface area contributed by atoms with Crippen LogP contribution in [-0.2, 0) is 13.0 Å². The summed E-state index contributed by atoms with van der Waals surface area (Å²) >= 11 is 5.80. The molecule has 1 heterocycles. The Balaban J connectivity index is 2.23. The van der Waals surface area contributed by atoms with Crippen LogP contribution in [0.15, 0.2) is 35.1 Å². The average Bonchev–Trinajstić information content (AvgIpc) is 2.63. The minimum Gasteiger partial charge on any atom is -0.299 e. The number of halogens is 1. The molecule has 0 radical (unpaired) electrons. The van der Waals surface area contributed by atoms with Crippen LogP contribution in [0.5, 0.6) is 0 Å². The van der Waals surface area contributed by atoms with Crippen molar-refractivity contribution in [1.82, 2.24) is 9.78 Å². The predicted octanol–water partition coefficient (Wildman–Crippen LogP) is 2.44. The second kappa shape index (κ2) is 4.58. The van der Waals surface area contributed by atoms with Crippen LogP contribution in [0.2, 0.25) is 5.02 Å². The van der Waals surface area contributed by atoms with E-state index >= 15 is 0 Å². The van der Waals surface area contributed by atoms with Crippen LogP contribution < -0.4 is 5.56 Å². The fourth-order valence-corrected chi connectivity index (χ4v) is 1.68. The van der Waals surface area contributed by atoms with Crippen LogP contribution in [0.1, 0.15) is 18.2 Å². The molecule has 3 nitrogen and oxygen atoms in total. The van der Waals surface area contributed by atoms with Crippen molar-refractivity contribution in [1.29, 1.82) is 0 Å². The molecule has 16 heavy (non-hydrogen) atoms. The maximum atomic E-state index is 11.6. The lowest BCUT2D eigenvalue weighted by atomic mass is 10.2. The molecule has 1 aromatic heterocycles. The summed E-state index contributed by atoms with van der Waals surface area (Å²) in [6.07, 6.45) is 0.836. The van der Waals surface area contributed by atoms with Crippen LogP contribution in [-0.4, -0.2) is 9.78 Å². The molecule has 84 valence electrons. The highest BCUT2D eigenvalue weighted by Crippen LogP contribution is 2.09. The van der Waals surface area contributed by atoms with Crippen molar-refractivity contribution in [2.45, 2.75) is 19.9 Å². The van der Waals surface area contributed by atoms with Gasteiger partial charge in [0.05, 0.1) is 6.54 Å². The van der Waals surface area contributed by atoms with Gasteiger partial charge in [-0.3, -0.25) is 9.89 Å². The van der Waals surface area contributed by atoms with Crippen molar-refractivity contribution in [2.75, 3.05) is 0 Å². The van der Waals surface area contributed by atoms with Gasteiger partial charge < -0.3 is 0 Å². The molecule has 0 bridgehead atoms. The number of hydrogen-bond donors (Lipinski definition) is 1. The fourth-order valence-electron chi connectivity index (χ4n) is 1.56. The van der Waals surface area contributed by atoms with E-state index in [0.717, 1.165) is 17.7 Å². The Kier molecular flexibility index (Phi) is 3.15. The average molecular weight is 237 g/mol. The number of benzene rings is 1. The summed E-state index contributed by atoms with van der Waals surface area (Å²) in [5.74, 6) is 0. The SMILES string of the molecule is CCc1cc(=O)n(Cc2ccc(Cl)cc2)[nH]1. The second-order valence-electron chi connectivity index (χ2n) is 3.69. The first-order valence-electron chi connectivity index (χ1n) is 5.22. The van der Waals surface area contributed by atoms with Gasteiger partial charge in [-0.25, -0.2) is 4.68 Å². The lowest BCUT2D eigenvalue weighted by molar-refractivity contribution is 0.653. The highest BCUT2D eigenvalue weighted by Gasteiger charge is 2.02. The fraction of sp³-hybridized carbons (Fsp3) is 0.250. The zero-order valence-electron chi connectivity index (χ0n) is 9.03. The summed E-state index contributed by atoms with van der Waals surface area (Å²) in [5, 5.41) is 3.77. The maximum Gasteiger partial charge on any atom is 0.267 e. The van der Waals surface area contributed by atoms with Crippen molar-refractivity contribution >= 4 is 11.6 Å². The number of H-pyrrole nitrogens is 1. The molecule has 0 saturated carbocycles. The van der Waals surface area contributed by atoms with Gasteiger partial charge in [0.1, 0.15) is 0 Å². The Labute approximate surface area is 98.7 Å². The maximum absolute atomic E-state index is 11.6. The number of aryl methyl sites for hydroxylation is 1. The molecule has 0 aliphatic carbocycles. The second-order valence-corrected chi connectivity index (χ2v) is 4.12. The molecular weight excluding hydrogens is 224 g/mol. The first-order valence-corrected chi connectivity index (χ1v) is 5.60. The molecule has 0 amide bonds. The lowest BCUT2D eigenvalue weighted by Gasteiger charge is -2.02. The normalized spacial score (nSPS) is 10.6. The molecule has 2 aromatic rings. The molecule has 0 aliphatic rings. The van der Waals surface area contributed by atoms with Crippen LogP contribution in [0.25, 0.3) is 0 Å². The quantitative estimate of drug-likeness (QED) is 0.874. The number of rotatable bonds is 3. The standard InChI is InChI=1S/C12H13ClN2O/c1-2-11-7-12(16)15(14-11)8-9-3-5-10(13)6-4-9/h3-7,14H,2,8H2,1H3. The van der Waals surface area contributed by atoms with Crippen molar-refractivity contribution in [3.05, 3.63) is 57.0 Å². The predicted molar refractivity (Wildman–Crippen MR) is 65.0 cm³/mol. The third-order valence-corrected chi connectivity index (χ3v) is 2.73. The van der Waals surface area contributed by atoms with Gasteiger partial charge in [-0.15, -0.1) is 0 Å². The highest BCUT2D eigenvalue weighted by atomic mass is 35.5. The first-order chi connectivity index (χ1) is 7.69. The Hall–Kier alpha value is -1.48. The van der Waals surface area contributed by atoms with E-state index in [0.29, 0.717) is 11.6 Å². The van der Waals surface area contributed by atoms with Gasteiger partial charge in [0.15, 0.2) is 0 Å². The molecule has 0 atom stereocenters. The molecule has 0 saturated heterocycles. The van der Waals surface area contributed by atoms with E-state index in [2.05, 4.69) is 5.10 Å². The smallest absolute Gasteiger partial charge is 0.267 e. The van der Waals surface area contributed by atoms with Crippen molar-refractivity contribution in [3.63, 3.8) is 0 Å². The zero-order valence-corrected chi connectivity index (χ0v) is 9.79. The van der Waals surface area contributed by atoms with Crippen LogP contribution in [0.4, 0.5) is 0 Å². The van der Waals surface area contributed by atoms with Crippen LogP contribution in [0, 0.1) is 0 Å². The van der Waals surface area contributed by atoms with Crippen LogP contribution >= 0.6 is 11.6 Å². The van der Waals surface area contributed by atoms with Gasteiger partial charge in [-0.1, -0.05) is 30.7 Å². The monoisotopic (exact) mass is 236 g/mol. The minimum atomic E-state index is 0.00630.